The molecule has 3 nitrogen and oxygen atoms in total. The number of hydrogen-bond acceptors (Lipinski definition) is 2. The van der Waals surface area contributed by atoms with Crippen LogP contribution in [-0.4, -0.2) is 18.5 Å². The Hall–Kier alpha value is -2.29. The number of amides is 1. The number of para-hydroxylation sites is 1. The lowest BCUT2D eigenvalue weighted by atomic mass is 10.1. The van der Waals surface area contributed by atoms with E-state index in [4.69, 9.17) is 0 Å². The van der Waals surface area contributed by atoms with Gasteiger partial charge in [-0.3, -0.25) is 4.79 Å². The van der Waals surface area contributed by atoms with Gasteiger partial charge in [-0.2, -0.15) is 0 Å². The molecule has 1 unspecified atom stereocenters. The summed E-state index contributed by atoms with van der Waals surface area (Å²) in [4.78, 5) is 14.5. The molecule has 1 aliphatic heterocycles. The Balaban J connectivity index is 1.70. The molecule has 3 rings (SSSR count). The molecule has 2 aromatic carbocycles. The third kappa shape index (κ3) is 2.92. The molecule has 2 aromatic rings. The van der Waals surface area contributed by atoms with Gasteiger partial charge in [0.2, 0.25) is 5.91 Å². The minimum Gasteiger partial charge on any atom is -0.359 e. The van der Waals surface area contributed by atoms with E-state index in [-0.39, 0.29) is 5.91 Å². The highest BCUT2D eigenvalue weighted by molar-refractivity contribution is 5.94. The molecule has 3 heteroatoms. The fourth-order valence-electron chi connectivity index (χ4n) is 2.95. The van der Waals surface area contributed by atoms with Crippen molar-refractivity contribution >= 4 is 17.3 Å². The lowest BCUT2D eigenvalue weighted by Gasteiger charge is -2.24. The van der Waals surface area contributed by atoms with Crippen molar-refractivity contribution in [1.29, 1.82) is 0 Å². The number of fused-ring (bicyclic) bond motifs is 1. The number of aryl methyl sites for hydroxylation is 1. The molecule has 1 N–H and O–H groups in total. The SMILES string of the molecule is Cc1cccc(NC(=O)CN2c3ccccc3CC2C)c1. The lowest BCUT2D eigenvalue weighted by molar-refractivity contribution is -0.115. The maximum absolute atomic E-state index is 12.3. The molecule has 1 amide bonds. The summed E-state index contributed by atoms with van der Waals surface area (Å²) in [6, 6.07) is 16.6. The Kier molecular flexibility index (Phi) is 3.65. The predicted molar refractivity (Wildman–Crippen MR) is 86.8 cm³/mol. The summed E-state index contributed by atoms with van der Waals surface area (Å²) in [5.41, 5.74) is 4.52. The highest BCUT2D eigenvalue weighted by Gasteiger charge is 2.26. The van der Waals surface area contributed by atoms with E-state index < -0.39 is 0 Å². The van der Waals surface area contributed by atoms with E-state index in [0.717, 1.165) is 17.7 Å². The van der Waals surface area contributed by atoms with E-state index in [1.165, 1.54) is 11.3 Å². The minimum atomic E-state index is 0.0316. The maximum Gasteiger partial charge on any atom is 0.243 e. The van der Waals surface area contributed by atoms with Crippen LogP contribution in [0.4, 0.5) is 11.4 Å². The van der Waals surface area contributed by atoms with Gasteiger partial charge in [0, 0.05) is 17.4 Å². The van der Waals surface area contributed by atoms with Gasteiger partial charge in [0.05, 0.1) is 6.54 Å². The Morgan fingerprint density at radius 1 is 1.24 bits per heavy atom. The summed E-state index contributed by atoms with van der Waals surface area (Å²) < 4.78 is 0. The van der Waals surface area contributed by atoms with Crippen LogP contribution in [0.3, 0.4) is 0 Å². The van der Waals surface area contributed by atoms with Gasteiger partial charge in [0.15, 0.2) is 0 Å². The predicted octanol–water partition coefficient (Wildman–Crippen LogP) is 3.38. The van der Waals surface area contributed by atoms with Crippen molar-refractivity contribution in [3.8, 4) is 0 Å². The zero-order chi connectivity index (χ0) is 14.8. The van der Waals surface area contributed by atoms with Gasteiger partial charge in [-0.15, -0.1) is 0 Å². The fourth-order valence-corrected chi connectivity index (χ4v) is 2.95. The second kappa shape index (κ2) is 5.60. The summed E-state index contributed by atoms with van der Waals surface area (Å²) in [5.74, 6) is 0.0316. The first-order valence-corrected chi connectivity index (χ1v) is 7.34. The Morgan fingerprint density at radius 3 is 2.86 bits per heavy atom. The van der Waals surface area contributed by atoms with Crippen molar-refractivity contribution in [2.75, 3.05) is 16.8 Å². The molecule has 0 fully saturated rings. The van der Waals surface area contributed by atoms with Gasteiger partial charge in [0.25, 0.3) is 0 Å². The smallest absolute Gasteiger partial charge is 0.243 e. The van der Waals surface area contributed by atoms with Crippen molar-refractivity contribution < 1.29 is 4.79 Å². The molecule has 1 aliphatic rings. The quantitative estimate of drug-likeness (QED) is 0.934. The Morgan fingerprint density at radius 2 is 2.05 bits per heavy atom. The number of benzene rings is 2. The summed E-state index contributed by atoms with van der Waals surface area (Å²) in [6.07, 6.45) is 1.01. The second-order valence-corrected chi connectivity index (χ2v) is 5.73. The summed E-state index contributed by atoms with van der Waals surface area (Å²) >= 11 is 0. The van der Waals surface area contributed by atoms with Crippen molar-refractivity contribution in [3.05, 3.63) is 59.7 Å². The van der Waals surface area contributed by atoms with Crippen LogP contribution in [0, 0.1) is 6.92 Å². The maximum atomic E-state index is 12.3. The highest BCUT2D eigenvalue weighted by atomic mass is 16.2. The molecule has 0 saturated carbocycles. The number of rotatable bonds is 3. The molecule has 0 bridgehead atoms. The number of nitrogens with one attached hydrogen (secondary N) is 1. The van der Waals surface area contributed by atoms with Gasteiger partial charge < -0.3 is 10.2 Å². The molecule has 21 heavy (non-hydrogen) atoms. The molecule has 0 aliphatic carbocycles. The van der Waals surface area contributed by atoms with Gasteiger partial charge in [-0.05, 0) is 49.6 Å². The third-order valence-electron chi connectivity index (χ3n) is 3.96. The first kappa shape index (κ1) is 13.7. The average Bonchev–Trinajstić information content (AvgIpc) is 2.75. The van der Waals surface area contributed by atoms with E-state index in [1.54, 1.807) is 0 Å². The van der Waals surface area contributed by atoms with Gasteiger partial charge in [0.1, 0.15) is 0 Å². The van der Waals surface area contributed by atoms with Crippen LogP contribution in [0.1, 0.15) is 18.1 Å². The fraction of sp³-hybridized carbons (Fsp3) is 0.278. The van der Waals surface area contributed by atoms with Crippen LogP contribution in [0.5, 0.6) is 0 Å². The van der Waals surface area contributed by atoms with Crippen LogP contribution in [0.2, 0.25) is 0 Å². The number of carbonyl (C=O) groups excluding carboxylic acids is 1. The molecule has 0 aromatic heterocycles. The van der Waals surface area contributed by atoms with Crippen LogP contribution in [0.25, 0.3) is 0 Å². The normalized spacial score (nSPS) is 16.7. The second-order valence-electron chi connectivity index (χ2n) is 5.73. The first-order valence-electron chi connectivity index (χ1n) is 7.34. The van der Waals surface area contributed by atoms with Crippen LogP contribution >= 0.6 is 0 Å². The van der Waals surface area contributed by atoms with E-state index in [9.17, 15) is 4.79 Å². The average molecular weight is 280 g/mol. The van der Waals surface area contributed by atoms with E-state index in [2.05, 4.69) is 35.3 Å². The molecule has 108 valence electrons. The first-order chi connectivity index (χ1) is 10.1. The number of anilines is 2. The Bertz CT molecular complexity index is 666. The summed E-state index contributed by atoms with van der Waals surface area (Å²) in [7, 11) is 0. The third-order valence-corrected chi connectivity index (χ3v) is 3.96. The van der Waals surface area contributed by atoms with Crippen LogP contribution in [-0.2, 0) is 11.2 Å². The van der Waals surface area contributed by atoms with Crippen LogP contribution in [0.15, 0.2) is 48.5 Å². The molecule has 1 heterocycles. The van der Waals surface area contributed by atoms with E-state index in [0.29, 0.717) is 12.6 Å². The molecule has 1 atom stereocenters. The highest BCUT2D eigenvalue weighted by Crippen LogP contribution is 2.31. The van der Waals surface area contributed by atoms with Crippen molar-refractivity contribution in [3.63, 3.8) is 0 Å². The monoisotopic (exact) mass is 280 g/mol. The molecular weight excluding hydrogens is 260 g/mol. The molecule has 0 saturated heterocycles. The zero-order valence-corrected chi connectivity index (χ0v) is 12.5. The standard InChI is InChI=1S/C18H20N2O/c1-13-6-5-8-16(10-13)19-18(21)12-20-14(2)11-15-7-3-4-9-17(15)20/h3-10,14H,11-12H2,1-2H3,(H,19,21). The van der Waals surface area contributed by atoms with Crippen molar-refractivity contribution in [2.24, 2.45) is 0 Å². The number of nitrogens with zero attached hydrogens (tertiary/aromatic N) is 1. The largest absolute Gasteiger partial charge is 0.359 e. The Labute approximate surface area is 125 Å². The number of hydrogen-bond donors (Lipinski definition) is 1. The van der Waals surface area contributed by atoms with Gasteiger partial charge in [-0.25, -0.2) is 0 Å². The lowest BCUT2D eigenvalue weighted by Crippen LogP contribution is -2.37. The zero-order valence-electron chi connectivity index (χ0n) is 12.5. The minimum absolute atomic E-state index is 0.0316. The molecular formula is C18H20N2O. The van der Waals surface area contributed by atoms with Gasteiger partial charge >= 0.3 is 0 Å². The topological polar surface area (TPSA) is 32.3 Å². The van der Waals surface area contributed by atoms with Crippen molar-refractivity contribution in [1.82, 2.24) is 0 Å². The summed E-state index contributed by atoms with van der Waals surface area (Å²) in [6.45, 7) is 4.58. The van der Waals surface area contributed by atoms with Crippen molar-refractivity contribution in [2.45, 2.75) is 26.3 Å². The molecule has 0 spiro atoms. The van der Waals surface area contributed by atoms with E-state index in [1.807, 2.05) is 37.3 Å². The van der Waals surface area contributed by atoms with Crippen LogP contribution < -0.4 is 10.2 Å². The number of carbonyl (C=O) groups is 1. The van der Waals surface area contributed by atoms with Gasteiger partial charge in [-0.1, -0.05) is 30.3 Å². The van der Waals surface area contributed by atoms with E-state index >= 15 is 0 Å². The molecule has 0 radical (unpaired) electrons. The summed E-state index contributed by atoms with van der Waals surface area (Å²) in [5, 5.41) is 2.98.